The first kappa shape index (κ1) is 18.0. The van der Waals surface area contributed by atoms with Crippen LogP contribution in [0.25, 0.3) is 10.9 Å². The average Bonchev–Trinajstić information content (AvgIpc) is 2.96. The molecule has 0 amide bonds. The zero-order valence-electron chi connectivity index (χ0n) is 14.2. The van der Waals surface area contributed by atoms with E-state index < -0.39 is 17.7 Å². The highest BCUT2D eigenvalue weighted by molar-refractivity contribution is 6.02. The highest BCUT2D eigenvalue weighted by atomic mass is 19.4. The summed E-state index contributed by atoms with van der Waals surface area (Å²) in [5.74, 6) is -1.13. The second-order valence-corrected chi connectivity index (χ2v) is 6.37. The van der Waals surface area contributed by atoms with E-state index in [1.807, 2.05) is 13.8 Å². The van der Waals surface area contributed by atoms with Gasteiger partial charge in [0.1, 0.15) is 0 Å². The maximum absolute atomic E-state index is 12.7. The van der Waals surface area contributed by atoms with Crippen molar-refractivity contribution in [1.82, 2.24) is 9.78 Å². The number of hydrogen-bond donors (Lipinski definition) is 1. The molecule has 3 aromatic rings. The quantitative estimate of drug-likeness (QED) is 0.716. The van der Waals surface area contributed by atoms with Crippen LogP contribution in [0.3, 0.4) is 0 Å². The predicted octanol–water partition coefficient (Wildman–Crippen LogP) is 4.93. The lowest BCUT2D eigenvalue weighted by Crippen LogP contribution is -2.05. The number of alkyl halides is 3. The van der Waals surface area contributed by atoms with Gasteiger partial charge in [0.25, 0.3) is 0 Å². The van der Waals surface area contributed by atoms with Crippen LogP contribution >= 0.6 is 0 Å². The minimum Gasteiger partial charge on any atom is -0.476 e. The standard InChI is InChI=1S/C19H17F3N2O2/c1-11(2)24-15-5-3-4-13(16(15)17(23-24)18(25)26)10-12-6-8-14(9-7-12)19(20,21)22/h3-9,11H,10H2,1-2H3,(H,25,26). The Morgan fingerprint density at radius 2 is 1.81 bits per heavy atom. The molecular formula is C19H17F3N2O2. The van der Waals surface area contributed by atoms with E-state index in [1.165, 1.54) is 12.1 Å². The highest BCUT2D eigenvalue weighted by Crippen LogP contribution is 2.31. The van der Waals surface area contributed by atoms with Crippen LogP contribution in [0.5, 0.6) is 0 Å². The fraction of sp³-hybridized carbons (Fsp3) is 0.263. The second kappa shape index (κ2) is 6.48. The topological polar surface area (TPSA) is 55.1 Å². The summed E-state index contributed by atoms with van der Waals surface area (Å²) in [7, 11) is 0. The van der Waals surface area contributed by atoms with Crippen molar-refractivity contribution in [2.45, 2.75) is 32.5 Å². The van der Waals surface area contributed by atoms with E-state index in [4.69, 9.17) is 0 Å². The SMILES string of the molecule is CC(C)n1nc(C(=O)O)c2c(Cc3ccc(C(F)(F)F)cc3)cccc21. The number of hydrogen-bond acceptors (Lipinski definition) is 2. The van der Waals surface area contributed by atoms with Gasteiger partial charge in [0.2, 0.25) is 0 Å². The van der Waals surface area contributed by atoms with E-state index in [1.54, 1.807) is 22.9 Å². The Morgan fingerprint density at radius 3 is 2.35 bits per heavy atom. The summed E-state index contributed by atoms with van der Waals surface area (Å²) < 4.78 is 39.7. The van der Waals surface area contributed by atoms with Gasteiger partial charge in [-0.1, -0.05) is 24.3 Å². The molecule has 3 rings (SSSR count). The second-order valence-electron chi connectivity index (χ2n) is 6.37. The first-order valence-electron chi connectivity index (χ1n) is 8.08. The monoisotopic (exact) mass is 362 g/mol. The molecule has 0 aliphatic carbocycles. The van der Waals surface area contributed by atoms with Gasteiger partial charge in [-0.3, -0.25) is 4.68 Å². The molecule has 2 aromatic carbocycles. The molecule has 0 saturated carbocycles. The maximum Gasteiger partial charge on any atom is 0.416 e. The first-order chi connectivity index (χ1) is 12.2. The van der Waals surface area contributed by atoms with Crippen LogP contribution in [0, 0.1) is 0 Å². The predicted molar refractivity (Wildman–Crippen MR) is 91.3 cm³/mol. The molecule has 4 nitrogen and oxygen atoms in total. The van der Waals surface area contributed by atoms with Gasteiger partial charge < -0.3 is 5.11 Å². The number of carbonyl (C=O) groups is 1. The summed E-state index contributed by atoms with van der Waals surface area (Å²) in [6.07, 6.45) is -4.06. The van der Waals surface area contributed by atoms with Gasteiger partial charge in [-0.15, -0.1) is 0 Å². The minimum absolute atomic E-state index is 0.0214. The number of halogens is 3. The summed E-state index contributed by atoms with van der Waals surface area (Å²) in [6, 6.07) is 10.2. The van der Waals surface area contributed by atoms with Crippen LogP contribution < -0.4 is 0 Å². The van der Waals surface area contributed by atoms with E-state index >= 15 is 0 Å². The number of aromatic carboxylic acids is 1. The lowest BCUT2D eigenvalue weighted by Gasteiger charge is -2.09. The van der Waals surface area contributed by atoms with Gasteiger partial charge in [-0.25, -0.2) is 4.79 Å². The molecule has 1 heterocycles. The summed E-state index contributed by atoms with van der Waals surface area (Å²) in [5, 5.41) is 14.2. The van der Waals surface area contributed by atoms with E-state index in [2.05, 4.69) is 5.10 Å². The van der Waals surface area contributed by atoms with Crippen molar-refractivity contribution >= 4 is 16.9 Å². The molecule has 136 valence electrons. The van der Waals surface area contributed by atoms with E-state index in [0.717, 1.165) is 12.1 Å². The molecule has 0 fully saturated rings. The number of rotatable bonds is 4. The molecule has 0 radical (unpaired) electrons. The van der Waals surface area contributed by atoms with E-state index in [0.29, 0.717) is 28.5 Å². The number of aromatic nitrogens is 2. The molecule has 1 aromatic heterocycles. The Bertz CT molecular complexity index is 957. The molecule has 26 heavy (non-hydrogen) atoms. The number of carboxylic acid groups (broad SMARTS) is 1. The lowest BCUT2D eigenvalue weighted by molar-refractivity contribution is -0.137. The van der Waals surface area contributed by atoms with Crippen LogP contribution in [-0.2, 0) is 12.6 Å². The first-order valence-corrected chi connectivity index (χ1v) is 8.08. The van der Waals surface area contributed by atoms with Crippen molar-refractivity contribution in [3.05, 3.63) is 64.8 Å². The molecule has 0 spiro atoms. The van der Waals surface area contributed by atoms with Gasteiger partial charge >= 0.3 is 12.1 Å². The Labute approximate surface area is 147 Å². The maximum atomic E-state index is 12.7. The molecular weight excluding hydrogens is 345 g/mol. The van der Waals surface area contributed by atoms with Crippen molar-refractivity contribution in [3.63, 3.8) is 0 Å². The third-order valence-electron chi connectivity index (χ3n) is 4.19. The molecule has 0 atom stereocenters. The molecule has 0 aliphatic rings. The van der Waals surface area contributed by atoms with Crippen LogP contribution in [-0.4, -0.2) is 20.9 Å². The van der Waals surface area contributed by atoms with Gasteiger partial charge in [0.05, 0.1) is 11.1 Å². The third-order valence-corrected chi connectivity index (χ3v) is 4.19. The fourth-order valence-electron chi connectivity index (χ4n) is 2.98. The fourth-order valence-corrected chi connectivity index (χ4v) is 2.98. The zero-order chi connectivity index (χ0) is 19.1. The molecule has 1 N–H and O–H groups in total. The average molecular weight is 362 g/mol. The number of carboxylic acids is 1. The molecule has 0 bridgehead atoms. The van der Waals surface area contributed by atoms with Crippen molar-refractivity contribution in [2.75, 3.05) is 0 Å². The Morgan fingerprint density at radius 1 is 1.15 bits per heavy atom. The van der Waals surface area contributed by atoms with Crippen molar-refractivity contribution in [3.8, 4) is 0 Å². The highest BCUT2D eigenvalue weighted by Gasteiger charge is 2.30. The van der Waals surface area contributed by atoms with Crippen LogP contribution in [0.4, 0.5) is 13.2 Å². The number of fused-ring (bicyclic) bond motifs is 1. The van der Waals surface area contributed by atoms with Gasteiger partial charge in [-0.2, -0.15) is 18.3 Å². The van der Waals surface area contributed by atoms with Crippen molar-refractivity contribution in [2.24, 2.45) is 0 Å². The van der Waals surface area contributed by atoms with E-state index in [-0.39, 0.29) is 11.7 Å². The summed E-state index contributed by atoms with van der Waals surface area (Å²) >= 11 is 0. The largest absolute Gasteiger partial charge is 0.476 e. The normalized spacial score (nSPS) is 12.1. The molecule has 0 aliphatic heterocycles. The summed E-state index contributed by atoms with van der Waals surface area (Å²) in [5.41, 5.74) is 1.32. The van der Waals surface area contributed by atoms with Crippen LogP contribution in [0.2, 0.25) is 0 Å². The molecule has 0 saturated heterocycles. The minimum atomic E-state index is -4.38. The summed E-state index contributed by atoms with van der Waals surface area (Å²) in [6.45, 7) is 3.81. The Kier molecular flexibility index (Phi) is 4.48. The van der Waals surface area contributed by atoms with Crippen LogP contribution in [0.1, 0.15) is 47.1 Å². The number of benzene rings is 2. The third kappa shape index (κ3) is 3.29. The molecule has 0 unspecified atom stereocenters. The lowest BCUT2D eigenvalue weighted by atomic mass is 9.99. The smallest absolute Gasteiger partial charge is 0.416 e. The Hall–Kier alpha value is -2.83. The van der Waals surface area contributed by atoms with E-state index in [9.17, 15) is 23.1 Å². The molecule has 7 heteroatoms. The zero-order valence-corrected chi connectivity index (χ0v) is 14.2. The van der Waals surface area contributed by atoms with Gasteiger partial charge in [0, 0.05) is 11.4 Å². The van der Waals surface area contributed by atoms with Gasteiger partial charge in [-0.05, 0) is 49.6 Å². The Balaban J connectivity index is 2.07. The van der Waals surface area contributed by atoms with Crippen LogP contribution in [0.15, 0.2) is 42.5 Å². The van der Waals surface area contributed by atoms with Crippen molar-refractivity contribution in [1.29, 1.82) is 0 Å². The van der Waals surface area contributed by atoms with Crippen molar-refractivity contribution < 1.29 is 23.1 Å². The van der Waals surface area contributed by atoms with Gasteiger partial charge in [0.15, 0.2) is 5.69 Å². The summed E-state index contributed by atoms with van der Waals surface area (Å²) in [4.78, 5) is 11.6. The number of nitrogens with zero attached hydrogens (tertiary/aromatic N) is 2.